The van der Waals surface area contributed by atoms with Crippen LogP contribution in [0.15, 0.2) is 18.2 Å². The zero-order chi connectivity index (χ0) is 16.7. The predicted octanol–water partition coefficient (Wildman–Crippen LogP) is 4.47. The Balaban J connectivity index is 1.93. The fourth-order valence-corrected chi connectivity index (χ4v) is 3.46. The number of aliphatic hydroxyl groups excluding tert-OH is 1. The van der Waals surface area contributed by atoms with Crippen molar-refractivity contribution in [3.8, 4) is 5.75 Å². The zero-order valence-corrected chi connectivity index (χ0v) is 15.1. The minimum atomic E-state index is -0.451. The van der Waals surface area contributed by atoms with Gasteiger partial charge in [0, 0.05) is 18.2 Å². The van der Waals surface area contributed by atoms with Crippen molar-refractivity contribution in [2.45, 2.75) is 70.9 Å². The highest BCUT2D eigenvalue weighted by molar-refractivity contribution is 5.38. The van der Waals surface area contributed by atoms with E-state index in [4.69, 9.17) is 4.74 Å². The van der Waals surface area contributed by atoms with Gasteiger partial charge in [-0.05, 0) is 51.8 Å². The number of hydrogen-bond donors (Lipinski definition) is 1. The molecule has 1 aromatic carbocycles. The lowest BCUT2D eigenvalue weighted by Crippen LogP contribution is -2.34. The first-order valence-corrected chi connectivity index (χ1v) is 9.23. The van der Waals surface area contributed by atoms with Crippen molar-refractivity contribution in [1.82, 2.24) is 4.90 Å². The number of benzene rings is 1. The molecular weight excluding hydrogens is 286 g/mol. The van der Waals surface area contributed by atoms with Crippen molar-refractivity contribution in [3.05, 3.63) is 29.3 Å². The van der Waals surface area contributed by atoms with Crippen molar-refractivity contribution in [1.29, 1.82) is 0 Å². The predicted molar refractivity (Wildman–Crippen MR) is 96.0 cm³/mol. The third kappa shape index (κ3) is 5.50. The van der Waals surface area contributed by atoms with E-state index >= 15 is 0 Å². The normalized spacial score (nSPS) is 17.4. The molecule has 1 N–H and O–H groups in total. The van der Waals surface area contributed by atoms with Crippen LogP contribution in [0, 0.1) is 6.92 Å². The van der Waals surface area contributed by atoms with E-state index < -0.39 is 6.10 Å². The Bertz CT molecular complexity index is 469. The summed E-state index contributed by atoms with van der Waals surface area (Å²) in [4.78, 5) is 2.44. The van der Waals surface area contributed by atoms with Crippen molar-refractivity contribution < 1.29 is 9.84 Å². The van der Waals surface area contributed by atoms with Crippen molar-refractivity contribution in [2.24, 2.45) is 0 Å². The molecular formula is C20H33NO2. The maximum Gasteiger partial charge on any atom is 0.125 e. The van der Waals surface area contributed by atoms with Gasteiger partial charge in [0.1, 0.15) is 5.75 Å². The van der Waals surface area contributed by atoms with E-state index in [1.807, 2.05) is 6.07 Å². The van der Waals surface area contributed by atoms with Crippen LogP contribution in [0.1, 0.15) is 69.1 Å². The summed E-state index contributed by atoms with van der Waals surface area (Å²) in [7, 11) is 2.20. The van der Waals surface area contributed by atoms with Gasteiger partial charge in [-0.15, -0.1) is 0 Å². The maximum atomic E-state index is 10.7. The van der Waals surface area contributed by atoms with Crippen molar-refractivity contribution in [3.63, 3.8) is 0 Å². The number of nitrogens with zero attached hydrogens (tertiary/aromatic N) is 1. The molecule has 23 heavy (non-hydrogen) atoms. The molecule has 130 valence electrons. The van der Waals surface area contributed by atoms with Crippen LogP contribution >= 0.6 is 0 Å². The summed E-state index contributed by atoms with van der Waals surface area (Å²) in [5.41, 5.74) is 2.11. The third-order valence-corrected chi connectivity index (χ3v) is 4.94. The fraction of sp³-hybridized carbons (Fsp3) is 0.700. The lowest BCUT2D eigenvalue weighted by Gasteiger charge is -2.31. The highest BCUT2D eigenvalue weighted by Crippen LogP contribution is 2.29. The lowest BCUT2D eigenvalue weighted by molar-refractivity contribution is 0.122. The molecule has 0 saturated heterocycles. The second-order valence-corrected chi connectivity index (χ2v) is 6.97. The maximum absolute atomic E-state index is 10.7. The molecule has 2 rings (SSSR count). The van der Waals surface area contributed by atoms with E-state index in [2.05, 4.69) is 37.9 Å². The third-order valence-electron chi connectivity index (χ3n) is 4.94. The van der Waals surface area contributed by atoms with Crippen molar-refractivity contribution in [2.75, 3.05) is 20.2 Å². The quantitative estimate of drug-likeness (QED) is 0.767. The fourth-order valence-electron chi connectivity index (χ4n) is 3.46. The Morgan fingerprint density at radius 2 is 2.00 bits per heavy atom. The molecule has 3 nitrogen and oxygen atoms in total. The molecule has 1 unspecified atom stereocenters. The van der Waals surface area contributed by atoms with Crippen molar-refractivity contribution >= 4 is 0 Å². The Hall–Kier alpha value is -1.06. The summed E-state index contributed by atoms with van der Waals surface area (Å²) in [6, 6.07) is 6.81. The molecule has 1 fully saturated rings. The largest absolute Gasteiger partial charge is 0.493 e. The molecule has 1 aromatic rings. The Kier molecular flexibility index (Phi) is 7.38. The summed E-state index contributed by atoms with van der Waals surface area (Å²) in [6.07, 6.45) is 7.99. The minimum absolute atomic E-state index is 0.451. The van der Waals surface area contributed by atoms with E-state index in [-0.39, 0.29) is 0 Å². The van der Waals surface area contributed by atoms with Gasteiger partial charge < -0.3 is 14.7 Å². The summed E-state index contributed by atoms with van der Waals surface area (Å²) < 4.78 is 5.81. The van der Waals surface area contributed by atoms with E-state index in [1.165, 1.54) is 37.7 Å². The van der Waals surface area contributed by atoms with Crippen LogP contribution in [-0.4, -0.2) is 36.2 Å². The molecule has 3 heteroatoms. The van der Waals surface area contributed by atoms with Crippen LogP contribution < -0.4 is 4.74 Å². The smallest absolute Gasteiger partial charge is 0.125 e. The van der Waals surface area contributed by atoms with Crippen LogP contribution in [0.2, 0.25) is 0 Å². The summed E-state index contributed by atoms with van der Waals surface area (Å²) >= 11 is 0. The highest BCUT2D eigenvalue weighted by Gasteiger charge is 2.20. The van der Waals surface area contributed by atoms with E-state index in [0.717, 1.165) is 30.7 Å². The average molecular weight is 319 g/mol. The van der Waals surface area contributed by atoms with Crippen LogP contribution in [0.25, 0.3) is 0 Å². The highest BCUT2D eigenvalue weighted by atomic mass is 16.5. The van der Waals surface area contributed by atoms with Gasteiger partial charge >= 0.3 is 0 Å². The molecule has 0 bridgehead atoms. The van der Waals surface area contributed by atoms with Crippen LogP contribution in [0.3, 0.4) is 0 Å². The van der Waals surface area contributed by atoms with Crippen LogP contribution in [-0.2, 0) is 0 Å². The van der Waals surface area contributed by atoms with Gasteiger partial charge in [0.15, 0.2) is 0 Å². The molecule has 0 heterocycles. The minimum Gasteiger partial charge on any atom is -0.493 e. The first-order valence-electron chi connectivity index (χ1n) is 9.23. The topological polar surface area (TPSA) is 32.7 Å². The molecule has 1 saturated carbocycles. The Labute approximate surface area is 141 Å². The second-order valence-electron chi connectivity index (χ2n) is 6.97. The van der Waals surface area contributed by atoms with Gasteiger partial charge in [0.25, 0.3) is 0 Å². The van der Waals surface area contributed by atoms with E-state index in [0.29, 0.717) is 12.6 Å². The van der Waals surface area contributed by atoms with Gasteiger partial charge in [0.2, 0.25) is 0 Å². The van der Waals surface area contributed by atoms with Gasteiger partial charge in [-0.3, -0.25) is 0 Å². The van der Waals surface area contributed by atoms with Crippen LogP contribution in [0.5, 0.6) is 5.75 Å². The Morgan fingerprint density at radius 1 is 1.26 bits per heavy atom. The first-order chi connectivity index (χ1) is 11.1. The molecule has 1 aliphatic rings. The number of aliphatic hydroxyl groups is 1. The Morgan fingerprint density at radius 3 is 2.70 bits per heavy atom. The average Bonchev–Trinajstić information content (AvgIpc) is 2.59. The molecule has 0 amide bonds. The second kappa shape index (κ2) is 9.29. The molecule has 1 aliphatic carbocycles. The molecule has 0 aromatic heterocycles. The number of hydrogen-bond acceptors (Lipinski definition) is 3. The lowest BCUT2D eigenvalue weighted by atomic mass is 9.94. The first kappa shape index (κ1) is 18.3. The van der Waals surface area contributed by atoms with Crippen LogP contribution in [0.4, 0.5) is 0 Å². The SMILES string of the molecule is CCCOc1ccc(C)cc1C(O)CCN(C)C1CCCCC1. The zero-order valence-electron chi connectivity index (χ0n) is 15.1. The number of aryl methyl sites for hydroxylation is 1. The van der Waals surface area contributed by atoms with E-state index in [9.17, 15) is 5.11 Å². The van der Waals surface area contributed by atoms with Gasteiger partial charge in [-0.2, -0.15) is 0 Å². The molecule has 0 radical (unpaired) electrons. The molecule has 0 aliphatic heterocycles. The summed E-state index contributed by atoms with van der Waals surface area (Å²) in [5.74, 6) is 0.838. The molecule has 1 atom stereocenters. The monoisotopic (exact) mass is 319 g/mol. The van der Waals surface area contributed by atoms with Gasteiger partial charge in [-0.25, -0.2) is 0 Å². The number of ether oxygens (including phenoxy) is 1. The molecule has 0 spiro atoms. The van der Waals surface area contributed by atoms with E-state index in [1.54, 1.807) is 0 Å². The standard InChI is InChI=1S/C20H33NO2/c1-4-14-23-20-11-10-16(2)15-18(20)19(22)12-13-21(3)17-8-6-5-7-9-17/h10-11,15,17,19,22H,4-9,12-14H2,1-3H3. The summed E-state index contributed by atoms with van der Waals surface area (Å²) in [5, 5.41) is 10.7. The van der Waals surface area contributed by atoms with Gasteiger partial charge in [0.05, 0.1) is 12.7 Å². The number of rotatable bonds is 8. The van der Waals surface area contributed by atoms with Gasteiger partial charge in [-0.1, -0.05) is 37.8 Å². The summed E-state index contributed by atoms with van der Waals surface area (Å²) in [6.45, 7) is 5.80.